The van der Waals surface area contributed by atoms with Gasteiger partial charge in [-0.1, -0.05) is 31.4 Å². The molecule has 2 atom stereocenters. The van der Waals surface area contributed by atoms with Crippen LogP contribution in [0.25, 0.3) is 0 Å². The molecule has 1 saturated heterocycles. The molecular weight excluding hydrogens is 378 g/mol. The van der Waals surface area contributed by atoms with Crippen LogP contribution in [0, 0.1) is 12.8 Å². The van der Waals surface area contributed by atoms with Gasteiger partial charge in [-0.3, -0.25) is 9.59 Å². The Balaban J connectivity index is 1.55. The normalized spacial score (nSPS) is 26.6. The number of carbonyl (C=O) groups excluding carboxylic acids is 2. The van der Waals surface area contributed by atoms with E-state index in [1.54, 1.807) is 4.90 Å². The Labute approximate surface area is 179 Å². The highest BCUT2D eigenvalue weighted by atomic mass is 16.5. The van der Waals surface area contributed by atoms with Crippen molar-refractivity contribution in [2.75, 3.05) is 33.2 Å². The molecule has 0 bridgehead atoms. The summed E-state index contributed by atoms with van der Waals surface area (Å²) in [5.74, 6) is 0.992. The number of fused-ring (bicyclic) bond motifs is 1. The number of nitrogens with zero attached hydrogens (tertiary/aromatic N) is 2. The molecule has 2 fully saturated rings. The van der Waals surface area contributed by atoms with Gasteiger partial charge in [-0.15, -0.1) is 0 Å². The summed E-state index contributed by atoms with van der Waals surface area (Å²) in [4.78, 5) is 30.4. The standard InChI is InChI=1S/C24H35N3O3/c1-17-8-9-21-19(14-17)23(29)27(16-24(30-21)10-12-26(3)13-11-24)15-22(28)25-20-7-5-4-6-18(20)2/h8-9,14,18,20H,4-7,10-13,15-16H2,1-3H3,(H,25,28)/t18-,20+/m0/s1. The summed E-state index contributed by atoms with van der Waals surface area (Å²) in [7, 11) is 2.11. The molecule has 1 aromatic carbocycles. The number of ether oxygens (including phenoxy) is 1. The van der Waals surface area contributed by atoms with E-state index in [2.05, 4.69) is 24.2 Å². The molecule has 1 spiro atoms. The number of hydrogen-bond donors (Lipinski definition) is 1. The maximum atomic E-state index is 13.4. The highest BCUT2D eigenvalue weighted by Gasteiger charge is 2.43. The van der Waals surface area contributed by atoms with Crippen LogP contribution < -0.4 is 10.1 Å². The molecule has 0 unspecified atom stereocenters. The molecule has 6 heteroatoms. The van der Waals surface area contributed by atoms with Crippen LogP contribution in [0.1, 0.15) is 61.4 Å². The predicted molar refractivity (Wildman–Crippen MR) is 117 cm³/mol. The second-order valence-electron chi connectivity index (χ2n) is 9.68. The highest BCUT2D eigenvalue weighted by Crippen LogP contribution is 2.35. The van der Waals surface area contributed by atoms with Crippen molar-refractivity contribution in [2.24, 2.45) is 5.92 Å². The number of carbonyl (C=O) groups is 2. The van der Waals surface area contributed by atoms with E-state index in [0.29, 0.717) is 23.8 Å². The van der Waals surface area contributed by atoms with Gasteiger partial charge in [0, 0.05) is 32.0 Å². The quantitative estimate of drug-likeness (QED) is 0.828. The monoisotopic (exact) mass is 413 g/mol. The number of likely N-dealkylation sites (tertiary alicyclic amines) is 1. The largest absolute Gasteiger partial charge is 0.484 e. The maximum absolute atomic E-state index is 13.4. The average molecular weight is 414 g/mol. The first-order chi connectivity index (χ1) is 14.3. The van der Waals surface area contributed by atoms with Crippen LogP contribution in [0.5, 0.6) is 5.75 Å². The lowest BCUT2D eigenvalue weighted by atomic mass is 9.86. The molecule has 2 aliphatic heterocycles. The molecule has 1 aliphatic carbocycles. The van der Waals surface area contributed by atoms with E-state index in [-0.39, 0.29) is 24.4 Å². The van der Waals surface area contributed by atoms with Crippen molar-refractivity contribution in [3.05, 3.63) is 29.3 Å². The van der Waals surface area contributed by atoms with E-state index >= 15 is 0 Å². The van der Waals surface area contributed by atoms with Crippen molar-refractivity contribution in [3.63, 3.8) is 0 Å². The van der Waals surface area contributed by atoms with Crippen molar-refractivity contribution >= 4 is 11.8 Å². The summed E-state index contributed by atoms with van der Waals surface area (Å²) in [6.07, 6.45) is 6.29. The van der Waals surface area contributed by atoms with Gasteiger partial charge in [-0.2, -0.15) is 0 Å². The number of hydrogen-bond acceptors (Lipinski definition) is 4. The Morgan fingerprint density at radius 2 is 1.97 bits per heavy atom. The molecule has 1 aromatic rings. The Kier molecular flexibility index (Phi) is 6.05. The van der Waals surface area contributed by atoms with Gasteiger partial charge in [0.2, 0.25) is 5.91 Å². The van der Waals surface area contributed by atoms with Crippen LogP contribution in [-0.2, 0) is 4.79 Å². The molecule has 30 heavy (non-hydrogen) atoms. The summed E-state index contributed by atoms with van der Waals surface area (Å²) in [5.41, 5.74) is 1.16. The predicted octanol–water partition coefficient (Wildman–Crippen LogP) is 2.99. The first kappa shape index (κ1) is 21.2. The van der Waals surface area contributed by atoms with Crippen LogP contribution in [0.15, 0.2) is 18.2 Å². The van der Waals surface area contributed by atoms with Gasteiger partial charge < -0.3 is 19.9 Å². The van der Waals surface area contributed by atoms with Crippen LogP contribution in [0.3, 0.4) is 0 Å². The minimum Gasteiger partial charge on any atom is -0.484 e. The topological polar surface area (TPSA) is 61.9 Å². The van der Waals surface area contributed by atoms with Crippen LogP contribution in [0.2, 0.25) is 0 Å². The molecule has 6 nitrogen and oxygen atoms in total. The fraction of sp³-hybridized carbons (Fsp3) is 0.667. The van der Waals surface area contributed by atoms with Crippen molar-refractivity contribution in [2.45, 2.75) is 64.0 Å². The molecule has 0 radical (unpaired) electrons. The first-order valence-corrected chi connectivity index (χ1v) is 11.4. The molecule has 4 rings (SSSR count). The van der Waals surface area contributed by atoms with E-state index in [1.807, 2.05) is 25.1 Å². The zero-order valence-corrected chi connectivity index (χ0v) is 18.6. The summed E-state index contributed by atoms with van der Waals surface area (Å²) in [6.45, 7) is 6.59. The van der Waals surface area contributed by atoms with Crippen molar-refractivity contribution in [1.29, 1.82) is 0 Å². The van der Waals surface area contributed by atoms with Gasteiger partial charge in [0.1, 0.15) is 17.9 Å². The van der Waals surface area contributed by atoms with Gasteiger partial charge in [0.05, 0.1) is 12.1 Å². The third-order valence-electron chi connectivity index (χ3n) is 7.15. The first-order valence-electron chi connectivity index (χ1n) is 11.4. The lowest BCUT2D eigenvalue weighted by Crippen LogP contribution is -2.55. The molecule has 3 aliphatic rings. The highest BCUT2D eigenvalue weighted by molar-refractivity contribution is 5.99. The number of benzene rings is 1. The van der Waals surface area contributed by atoms with Crippen LogP contribution >= 0.6 is 0 Å². The molecule has 1 saturated carbocycles. The third kappa shape index (κ3) is 4.48. The van der Waals surface area contributed by atoms with Crippen molar-refractivity contribution < 1.29 is 14.3 Å². The lowest BCUT2D eigenvalue weighted by molar-refractivity contribution is -0.123. The van der Waals surface area contributed by atoms with Gasteiger partial charge in [0.15, 0.2) is 0 Å². The summed E-state index contributed by atoms with van der Waals surface area (Å²) in [6, 6.07) is 6.01. The number of rotatable bonds is 3. The Morgan fingerprint density at radius 3 is 2.70 bits per heavy atom. The number of nitrogens with one attached hydrogen (secondary N) is 1. The second kappa shape index (κ2) is 8.58. The second-order valence-corrected chi connectivity index (χ2v) is 9.68. The fourth-order valence-corrected chi connectivity index (χ4v) is 5.13. The smallest absolute Gasteiger partial charge is 0.258 e. The molecule has 2 amide bonds. The maximum Gasteiger partial charge on any atom is 0.258 e. The minimum absolute atomic E-state index is 0.0544. The molecule has 164 valence electrons. The summed E-state index contributed by atoms with van der Waals surface area (Å²) < 4.78 is 6.52. The number of aryl methyl sites for hydroxylation is 1. The molecular formula is C24H35N3O3. The lowest BCUT2D eigenvalue weighted by Gasteiger charge is -2.41. The number of piperidine rings is 1. The van der Waals surface area contributed by atoms with Gasteiger partial charge in [-0.05, 0) is 44.9 Å². The van der Waals surface area contributed by atoms with E-state index in [4.69, 9.17) is 4.74 Å². The Morgan fingerprint density at radius 1 is 1.23 bits per heavy atom. The minimum atomic E-state index is -0.429. The van der Waals surface area contributed by atoms with Crippen LogP contribution in [-0.4, -0.2) is 66.5 Å². The SMILES string of the molecule is Cc1ccc2c(c1)C(=O)N(CC(=O)N[C@@H]1CCCC[C@@H]1C)CC1(CCN(C)CC1)O2. The Bertz CT molecular complexity index is 801. The van der Waals surface area contributed by atoms with Gasteiger partial charge >= 0.3 is 0 Å². The van der Waals surface area contributed by atoms with Crippen LogP contribution in [0.4, 0.5) is 0 Å². The summed E-state index contributed by atoms with van der Waals surface area (Å²) in [5, 5.41) is 3.21. The van der Waals surface area contributed by atoms with Crippen molar-refractivity contribution in [3.8, 4) is 5.75 Å². The van der Waals surface area contributed by atoms with Gasteiger partial charge in [0.25, 0.3) is 5.91 Å². The van der Waals surface area contributed by atoms with E-state index in [1.165, 1.54) is 6.42 Å². The zero-order chi connectivity index (χ0) is 21.3. The van der Waals surface area contributed by atoms with E-state index < -0.39 is 5.60 Å². The molecule has 2 heterocycles. The van der Waals surface area contributed by atoms with Crippen molar-refractivity contribution in [1.82, 2.24) is 15.1 Å². The van der Waals surface area contributed by atoms with E-state index in [9.17, 15) is 9.59 Å². The fourth-order valence-electron chi connectivity index (χ4n) is 5.13. The van der Waals surface area contributed by atoms with Gasteiger partial charge in [-0.25, -0.2) is 0 Å². The zero-order valence-electron chi connectivity index (χ0n) is 18.6. The average Bonchev–Trinajstić information content (AvgIpc) is 2.82. The molecule has 1 N–H and O–H groups in total. The molecule has 0 aromatic heterocycles. The van der Waals surface area contributed by atoms with E-state index in [0.717, 1.165) is 50.8 Å². The summed E-state index contributed by atoms with van der Waals surface area (Å²) >= 11 is 0. The number of amides is 2. The Hall–Kier alpha value is -2.08. The third-order valence-corrected chi connectivity index (χ3v) is 7.15.